The number of hydrogen-bond donors (Lipinski definition) is 8. The molecule has 748 valence electrons. The van der Waals surface area contributed by atoms with Crippen LogP contribution in [0.2, 0.25) is 15.1 Å². The van der Waals surface area contributed by atoms with Gasteiger partial charge in [0.25, 0.3) is 35.4 Å². The third-order valence-corrected chi connectivity index (χ3v) is 26.9. The van der Waals surface area contributed by atoms with Gasteiger partial charge < -0.3 is 106 Å². The topological polar surface area (TPSA) is 314 Å². The van der Waals surface area contributed by atoms with Gasteiger partial charge in [-0.05, 0) is 273 Å². The number of likely N-dealkylation sites (N-methyl/N-ethyl adjacent to an activating group) is 6. The molecule has 18 rings (SSSR count). The summed E-state index contributed by atoms with van der Waals surface area (Å²) < 4.78 is 37.5. The van der Waals surface area contributed by atoms with Crippen LogP contribution in [0.5, 0.6) is 40.2 Å². The molecule has 0 saturated heterocycles. The number of nitrogens with one attached hydrogen (secondary N) is 7. The molecule has 0 aliphatic carbocycles. The molecule has 12 aromatic rings. The number of ether oxygens (including phenoxy) is 7. The summed E-state index contributed by atoms with van der Waals surface area (Å²) in [7, 11) is 23.4. The van der Waals surface area contributed by atoms with Crippen LogP contribution >= 0.6 is 50.7 Å². The van der Waals surface area contributed by atoms with Crippen LogP contribution < -0.4 is 76.1 Å². The second kappa shape index (κ2) is 50.4. The molecule has 0 saturated carbocycles. The molecular weight excluding hydrogens is 1940 g/mol. The SMILES string of the molecule is COc1cc(Cl)ccc1C(=O)Nc1cccc2c1CCN(C)C2.COc1cc(N)c(Cl)cc1C(=O)Nc1cccc2c1CCN(C)C2.COc1cc(NC(C)=O)c(Br)cc1C(=O)Nc1cccc2c1CCN(C)C2.COc1ccc(C(=O)Nc2cccc3c2CCN(C)C3)c(OC)c1.COc1ccc(Cl)cc1C(=O)Nc1cccc2c1CCN(C)C2.COc1ccccc1C(=O)Nc1cccc2c1CCN(C)C2. The van der Waals surface area contributed by atoms with Gasteiger partial charge in [0.15, 0.2) is 0 Å². The predicted molar refractivity (Wildman–Crippen MR) is 573 cm³/mol. The van der Waals surface area contributed by atoms with Crippen molar-refractivity contribution in [3.63, 3.8) is 0 Å². The van der Waals surface area contributed by atoms with Crippen molar-refractivity contribution in [3.05, 3.63) is 332 Å². The van der Waals surface area contributed by atoms with Crippen molar-refractivity contribution in [1.29, 1.82) is 0 Å². The number of fused-ring (bicyclic) bond motifs is 6. The lowest BCUT2D eigenvalue weighted by atomic mass is 9.98. The number of nitrogen functional groups attached to an aromatic ring is 1. The molecule has 0 unspecified atom stereocenters. The van der Waals surface area contributed by atoms with Crippen molar-refractivity contribution in [3.8, 4) is 40.2 Å². The Balaban J connectivity index is 0.000000144. The second-order valence-electron chi connectivity index (χ2n) is 35.6. The quantitative estimate of drug-likeness (QED) is 0.0329. The Morgan fingerprint density at radius 1 is 0.280 bits per heavy atom. The van der Waals surface area contributed by atoms with Gasteiger partial charge in [0.1, 0.15) is 40.2 Å². The van der Waals surface area contributed by atoms with Gasteiger partial charge in [-0.25, -0.2) is 0 Å². The molecule has 28 nitrogen and oxygen atoms in total. The highest BCUT2D eigenvalue weighted by molar-refractivity contribution is 9.10. The van der Waals surface area contributed by atoms with Crippen LogP contribution in [0.25, 0.3) is 0 Å². The van der Waals surface area contributed by atoms with Crippen molar-refractivity contribution in [1.82, 2.24) is 29.4 Å². The average molecular weight is 2060 g/mol. The molecule has 12 aromatic carbocycles. The molecule has 6 heterocycles. The number of para-hydroxylation sites is 1. The smallest absolute Gasteiger partial charge is 0.259 e. The van der Waals surface area contributed by atoms with E-state index in [0.717, 1.165) is 151 Å². The Morgan fingerprint density at radius 2 is 0.559 bits per heavy atom. The third kappa shape index (κ3) is 27.7. The Bertz CT molecular complexity index is 6670. The van der Waals surface area contributed by atoms with E-state index in [2.05, 4.69) is 161 Å². The average Bonchev–Trinajstić information content (AvgIpc) is 0.794. The fourth-order valence-electron chi connectivity index (χ4n) is 18.0. The van der Waals surface area contributed by atoms with Crippen molar-refractivity contribution in [2.75, 3.05) is 174 Å². The zero-order chi connectivity index (χ0) is 102. The largest absolute Gasteiger partial charge is 0.497 e. The van der Waals surface area contributed by atoms with E-state index in [9.17, 15) is 33.6 Å². The first-order valence-electron chi connectivity index (χ1n) is 46.8. The minimum Gasteiger partial charge on any atom is -0.497 e. The van der Waals surface area contributed by atoms with E-state index in [1.165, 1.54) is 101 Å². The van der Waals surface area contributed by atoms with Gasteiger partial charge in [0.05, 0.1) is 99.5 Å². The number of benzene rings is 12. The highest BCUT2D eigenvalue weighted by Gasteiger charge is 2.29. The first-order valence-corrected chi connectivity index (χ1v) is 48.7. The van der Waals surface area contributed by atoms with Gasteiger partial charge in [0.2, 0.25) is 5.91 Å². The molecule has 7 amide bonds. The van der Waals surface area contributed by atoms with Gasteiger partial charge in [-0.1, -0.05) is 120 Å². The Hall–Kier alpha value is -13.6. The molecule has 0 fully saturated rings. The zero-order valence-electron chi connectivity index (χ0n) is 82.9. The zero-order valence-corrected chi connectivity index (χ0v) is 86.8. The third-order valence-electron chi connectivity index (χ3n) is 25.5. The fourth-order valence-corrected chi connectivity index (χ4v) is 18.9. The number of anilines is 8. The number of carbonyl (C=O) groups excluding carboxylic acids is 7. The van der Waals surface area contributed by atoms with Crippen molar-refractivity contribution in [2.24, 2.45) is 0 Å². The van der Waals surface area contributed by atoms with Gasteiger partial charge in [-0.3, -0.25) is 33.6 Å². The summed E-state index contributed by atoms with van der Waals surface area (Å²) in [5.41, 5.74) is 29.4. The van der Waals surface area contributed by atoms with Crippen LogP contribution in [0.1, 0.15) is 136 Å². The number of hydrogen-bond acceptors (Lipinski definition) is 21. The second-order valence-corrected chi connectivity index (χ2v) is 37.7. The van der Waals surface area contributed by atoms with Gasteiger partial charge in [0, 0.05) is 152 Å². The summed E-state index contributed by atoms with van der Waals surface area (Å²) in [6, 6.07) is 65.1. The van der Waals surface area contributed by atoms with E-state index in [1.54, 1.807) is 113 Å². The van der Waals surface area contributed by atoms with Crippen LogP contribution in [0.15, 0.2) is 217 Å². The van der Waals surface area contributed by atoms with Gasteiger partial charge >= 0.3 is 0 Å². The number of carbonyl (C=O) groups is 7. The first-order chi connectivity index (χ1) is 68.8. The minimum atomic E-state index is -0.263. The summed E-state index contributed by atoms with van der Waals surface area (Å²) in [5.74, 6) is 2.09. The minimum absolute atomic E-state index is 0.134. The maximum Gasteiger partial charge on any atom is 0.259 e. The van der Waals surface area contributed by atoms with Crippen molar-refractivity contribution >= 4 is 138 Å². The number of halogens is 4. The Labute approximate surface area is 859 Å². The Kier molecular flexibility index (Phi) is 37.6. The molecule has 6 aliphatic heterocycles. The molecule has 6 aliphatic rings. The van der Waals surface area contributed by atoms with Gasteiger partial charge in [-0.15, -0.1) is 0 Å². The van der Waals surface area contributed by atoms with E-state index in [-0.39, 0.29) is 41.4 Å². The van der Waals surface area contributed by atoms with Crippen molar-refractivity contribution < 1.29 is 66.7 Å². The molecule has 0 spiro atoms. The molecular formula is C111H122BrCl3N14O14. The van der Waals surface area contributed by atoms with E-state index >= 15 is 0 Å². The Morgan fingerprint density at radius 3 is 0.902 bits per heavy atom. The van der Waals surface area contributed by atoms with Crippen LogP contribution in [-0.4, -0.2) is 202 Å². The number of nitrogens with two attached hydrogens (primary N) is 1. The van der Waals surface area contributed by atoms with Crippen molar-refractivity contribution in [2.45, 2.75) is 84.7 Å². The fraction of sp³-hybridized carbons (Fsp3) is 0.288. The first kappa shape index (κ1) is 107. The highest BCUT2D eigenvalue weighted by atomic mass is 79.9. The molecule has 32 heteroatoms. The van der Waals surface area contributed by atoms with E-state index < -0.39 is 0 Å². The summed E-state index contributed by atoms with van der Waals surface area (Å²) in [5, 5.41) is 22.2. The molecule has 143 heavy (non-hydrogen) atoms. The number of nitrogens with zero attached hydrogens (tertiary/aromatic N) is 6. The number of methoxy groups -OCH3 is 7. The molecule has 0 bridgehead atoms. The lowest BCUT2D eigenvalue weighted by molar-refractivity contribution is -0.114. The lowest BCUT2D eigenvalue weighted by Crippen LogP contribution is -2.27. The summed E-state index contributed by atoms with van der Waals surface area (Å²) in [6.45, 7) is 12.7. The summed E-state index contributed by atoms with van der Waals surface area (Å²) in [6.07, 6.45) is 5.54. The predicted octanol–water partition coefficient (Wildman–Crippen LogP) is 19.9. The van der Waals surface area contributed by atoms with E-state index in [1.807, 2.05) is 84.9 Å². The highest BCUT2D eigenvalue weighted by Crippen LogP contribution is 2.39. The molecule has 0 radical (unpaired) electrons. The van der Waals surface area contributed by atoms with Crippen LogP contribution in [-0.2, 0) is 82.6 Å². The monoisotopic (exact) mass is 2060 g/mol. The van der Waals surface area contributed by atoms with E-state index in [0.29, 0.717) is 105 Å². The lowest BCUT2D eigenvalue weighted by Gasteiger charge is -2.26. The molecule has 0 atom stereocenters. The summed E-state index contributed by atoms with van der Waals surface area (Å²) in [4.78, 5) is 101. The number of amides is 7. The maximum absolute atomic E-state index is 12.9. The summed E-state index contributed by atoms with van der Waals surface area (Å²) >= 11 is 21.4. The normalized spacial score (nSPS) is 14.1. The molecule has 0 aromatic heterocycles. The molecule has 9 N–H and O–H groups in total. The number of rotatable bonds is 20. The standard InChI is InChI=1S/C20H22BrN3O3.C19H22N2O3.C18H20ClN3O2.2C18H19ClN2O2.C18H20N2O2/c1-12(25)22-18-10-19(27-3)15(9-16(18)21)20(26)23-17-6-4-5-13-11-24(2)8-7-14(13)17;1-21-10-9-15-13(12-21)5-4-6-17(15)20-19(22)16-8-7-14(23-2)11-18(16)24-3;1-22-7-6-12-11(10-22)4-3-5-16(12)21-18(23)13-8-14(19)15(20)9-17(13)24-2;1-21-9-8-14-12(11-21)4-3-5-16(14)20-18(22)15-10-13(19)6-7-17(15)23-2;1-21-9-8-14-12(11-21)4-3-5-16(14)20-18(22)15-7-6-13(19)10-17(15)23-2;1-20-11-10-14-13(12-20)6-5-8-16(14)19-18(21)15-7-3-4-9-17(15)22-2/h4-6,9-10H,7-8,11H2,1-3H3,(H,22,25)(H,23,26);4-8,11H,9-10,12H2,1-3H3,(H,20,22);3-5,8-9H,6-7,10,20H2,1-2H3,(H,21,23);2*3-7,10H,8-9,11H2,1-2H3,(H,20,22);3-9H,10-12H2,1-2H3,(H,19,21). The van der Waals surface area contributed by atoms with Gasteiger partial charge in [-0.2, -0.15) is 0 Å². The maximum atomic E-state index is 12.9. The van der Waals surface area contributed by atoms with Crippen LogP contribution in [0.3, 0.4) is 0 Å². The van der Waals surface area contributed by atoms with E-state index in [4.69, 9.17) is 73.7 Å². The van der Waals surface area contributed by atoms with Crippen LogP contribution in [0.4, 0.5) is 45.5 Å². The van der Waals surface area contributed by atoms with Crippen LogP contribution in [0, 0.1) is 0 Å².